The maximum Gasteiger partial charge on any atom is 0.311 e. The summed E-state index contributed by atoms with van der Waals surface area (Å²) >= 11 is 0. The molecule has 2 aliphatic carbocycles. The molecule has 4 unspecified atom stereocenters. The van der Waals surface area contributed by atoms with Crippen LogP contribution in [0, 0.1) is 17.8 Å². The lowest BCUT2D eigenvalue weighted by Crippen LogP contribution is -2.36. The summed E-state index contributed by atoms with van der Waals surface area (Å²) in [7, 11) is 1.47. The molecule has 0 aromatic carbocycles. The summed E-state index contributed by atoms with van der Waals surface area (Å²) < 4.78 is 10.5. The van der Waals surface area contributed by atoms with Crippen molar-refractivity contribution in [2.45, 2.75) is 32.3 Å². The van der Waals surface area contributed by atoms with E-state index in [4.69, 9.17) is 9.47 Å². The summed E-state index contributed by atoms with van der Waals surface area (Å²) in [4.78, 5) is 11.6. The first-order valence-electron chi connectivity index (χ1n) is 5.47. The van der Waals surface area contributed by atoms with Crippen LogP contribution >= 0.6 is 0 Å². The van der Waals surface area contributed by atoms with Crippen LogP contribution in [-0.2, 0) is 14.3 Å². The second-order valence-corrected chi connectivity index (χ2v) is 4.30. The molecule has 4 atom stereocenters. The van der Waals surface area contributed by atoms with Crippen LogP contribution in [0.5, 0.6) is 0 Å². The van der Waals surface area contributed by atoms with Gasteiger partial charge in [-0.15, -0.1) is 0 Å². The molecule has 0 aromatic rings. The number of hydrogen-bond donors (Lipinski definition) is 0. The molecule has 14 heavy (non-hydrogen) atoms. The van der Waals surface area contributed by atoms with Crippen molar-refractivity contribution in [2.75, 3.05) is 13.7 Å². The first kappa shape index (κ1) is 9.97. The van der Waals surface area contributed by atoms with E-state index in [1.165, 1.54) is 20.0 Å². The first-order chi connectivity index (χ1) is 6.77. The SMILES string of the molecule is CCOC1C2CCC(C2)C1C(=O)OC. The lowest BCUT2D eigenvalue weighted by atomic mass is 9.86. The Labute approximate surface area is 84.8 Å². The van der Waals surface area contributed by atoms with Gasteiger partial charge in [0.15, 0.2) is 0 Å². The maximum absolute atomic E-state index is 11.6. The molecule has 2 fully saturated rings. The van der Waals surface area contributed by atoms with Crippen molar-refractivity contribution >= 4 is 5.97 Å². The number of methoxy groups -OCH3 is 1. The van der Waals surface area contributed by atoms with E-state index in [1.54, 1.807) is 0 Å². The van der Waals surface area contributed by atoms with Gasteiger partial charge in [-0.05, 0) is 38.0 Å². The second kappa shape index (κ2) is 3.89. The fraction of sp³-hybridized carbons (Fsp3) is 0.909. The van der Waals surface area contributed by atoms with E-state index in [2.05, 4.69) is 0 Å². The number of esters is 1. The average Bonchev–Trinajstić information content (AvgIpc) is 2.77. The Bertz CT molecular complexity index is 227. The van der Waals surface area contributed by atoms with Crippen molar-refractivity contribution in [2.24, 2.45) is 17.8 Å². The largest absolute Gasteiger partial charge is 0.469 e. The highest BCUT2D eigenvalue weighted by atomic mass is 16.5. The van der Waals surface area contributed by atoms with E-state index in [-0.39, 0.29) is 18.0 Å². The van der Waals surface area contributed by atoms with Gasteiger partial charge in [0.05, 0.1) is 19.1 Å². The van der Waals surface area contributed by atoms with Crippen molar-refractivity contribution in [3.63, 3.8) is 0 Å². The van der Waals surface area contributed by atoms with Crippen LogP contribution in [0.4, 0.5) is 0 Å². The minimum atomic E-state index is -0.0735. The fourth-order valence-electron chi connectivity index (χ4n) is 3.13. The van der Waals surface area contributed by atoms with Gasteiger partial charge in [-0.25, -0.2) is 0 Å². The molecule has 2 rings (SSSR count). The van der Waals surface area contributed by atoms with Crippen LogP contribution in [0.2, 0.25) is 0 Å². The zero-order chi connectivity index (χ0) is 10.1. The average molecular weight is 198 g/mol. The van der Waals surface area contributed by atoms with E-state index in [0.29, 0.717) is 18.4 Å². The molecule has 0 radical (unpaired) electrons. The lowest BCUT2D eigenvalue weighted by molar-refractivity contribution is -0.154. The number of ether oxygens (including phenoxy) is 2. The molecule has 2 bridgehead atoms. The van der Waals surface area contributed by atoms with Gasteiger partial charge in [-0.1, -0.05) is 0 Å². The topological polar surface area (TPSA) is 35.5 Å². The Morgan fingerprint density at radius 2 is 2.07 bits per heavy atom. The van der Waals surface area contributed by atoms with Crippen molar-refractivity contribution in [1.82, 2.24) is 0 Å². The van der Waals surface area contributed by atoms with Gasteiger partial charge in [0.1, 0.15) is 0 Å². The molecule has 3 nitrogen and oxygen atoms in total. The Morgan fingerprint density at radius 1 is 1.36 bits per heavy atom. The van der Waals surface area contributed by atoms with Crippen LogP contribution in [-0.4, -0.2) is 25.8 Å². The monoisotopic (exact) mass is 198 g/mol. The molecule has 0 saturated heterocycles. The van der Waals surface area contributed by atoms with Crippen molar-refractivity contribution in [3.8, 4) is 0 Å². The summed E-state index contributed by atoms with van der Waals surface area (Å²) in [6.07, 6.45) is 3.69. The summed E-state index contributed by atoms with van der Waals surface area (Å²) in [6, 6.07) is 0. The summed E-state index contributed by atoms with van der Waals surface area (Å²) in [6.45, 7) is 2.68. The van der Waals surface area contributed by atoms with Crippen molar-refractivity contribution in [3.05, 3.63) is 0 Å². The molecule has 0 amide bonds. The third-order valence-electron chi connectivity index (χ3n) is 3.67. The highest BCUT2D eigenvalue weighted by Crippen LogP contribution is 2.50. The zero-order valence-corrected chi connectivity index (χ0v) is 8.86. The van der Waals surface area contributed by atoms with Gasteiger partial charge >= 0.3 is 5.97 Å². The molecule has 0 aliphatic heterocycles. The molecule has 80 valence electrons. The Hall–Kier alpha value is -0.570. The van der Waals surface area contributed by atoms with Gasteiger partial charge in [-0.2, -0.15) is 0 Å². The van der Waals surface area contributed by atoms with Gasteiger partial charge < -0.3 is 9.47 Å². The third kappa shape index (κ3) is 1.44. The smallest absolute Gasteiger partial charge is 0.311 e. The highest BCUT2D eigenvalue weighted by Gasteiger charge is 2.51. The zero-order valence-electron chi connectivity index (χ0n) is 8.86. The van der Waals surface area contributed by atoms with Crippen LogP contribution in [0.1, 0.15) is 26.2 Å². The molecule has 0 heterocycles. The van der Waals surface area contributed by atoms with Crippen molar-refractivity contribution < 1.29 is 14.3 Å². The standard InChI is InChI=1S/C11H18O3/c1-3-14-10-8-5-4-7(6-8)9(10)11(12)13-2/h7-10H,3-6H2,1-2H3. The Kier molecular flexibility index (Phi) is 2.77. The van der Waals surface area contributed by atoms with Crippen LogP contribution < -0.4 is 0 Å². The Morgan fingerprint density at radius 3 is 2.71 bits per heavy atom. The first-order valence-corrected chi connectivity index (χ1v) is 5.47. The van der Waals surface area contributed by atoms with Gasteiger partial charge in [0, 0.05) is 6.61 Å². The molecule has 3 heteroatoms. The molecular formula is C11H18O3. The maximum atomic E-state index is 11.6. The predicted octanol–water partition coefficient (Wildman–Crippen LogP) is 1.61. The molecule has 0 aromatic heterocycles. The molecule has 0 spiro atoms. The fourth-order valence-corrected chi connectivity index (χ4v) is 3.13. The number of carbonyl (C=O) groups excluding carboxylic acids is 1. The quantitative estimate of drug-likeness (QED) is 0.646. The number of rotatable bonds is 3. The Balaban J connectivity index is 2.09. The van der Waals surface area contributed by atoms with Crippen LogP contribution in [0.25, 0.3) is 0 Å². The minimum absolute atomic E-state index is 0.0127. The van der Waals surface area contributed by atoms with Gasteiger partial charge in [-0.3, -0.25) is 4.79 Å². The second-order valence-electron chi connectivity index (χ2n) is 4.30. The van der Waals surface area contributed by atoms with E-state index in [1.807, 2.05) is 6.92 Å². The van der Waals surface area contributed by atoms with Gasteiger partial charge in [0.2, 0.25) is 0 Å². The van der Waals surface area contributed by atoms with Crippen LogP contribution in [0.3, 0.4) is 0 Å². The van der Waals surface area contributed by atoms with Crippen LogP contribution in [0.15, 0.2) is 0 Å². The molecule has 2 aliphatic rings. The van der Waals surface area contributed by atoms with E-state index in [9.17, 15) is 4.79 Å². The lowest BCUT2D eigenvalue weighted by Gasteiger charge is -2.28. The summed E-state index contributed by atoms with van der Waals surface area (Å²) in [5.74, 6) is 1.06. The molecule has 0 N–H and O–H groups in total. The normalized spacial score (nSPS) is 40.1. The van der Waals surface area contributed by atoms with E-state index >= 15 is 0 Å². The number of hydrogen-bond acceptors (Lipinski definition) is 3. The summed E-state index contributed by atoms with van der Waals surface area (Å²) in [5.41, 5.74) is 0. The summed E-state index contributed by atoms with van der Waals surface area (Å²) in [5, 5.41) is 0. The molecular weight excluding hydrogens is 180 g/mol. The predicted molar refractivity (Wildman–Crippen MR) is 51.8 cm³/mol. The van der Waals surface area contributed by atoms with Crippen molar-refractivity contribution in [1.29, 1.82) is 0 Å². The number of carbonyl (C=O) groups is 1. The van der Waals surface area contributed by atoms with E-state index < -0.39 is 0 Å². The van der Waals surface area contributed by atoms with Gasteiger partial charge in [0.25, 0.3) is 0 Å². The third-order valence-corrected chi connectivity index (χ3v) is 3.67. The highest BCUT2D eigenvalue weighted by molar-refractivity contribution is 5.74. The molecule has 2 saturated carbocycles. The number of fused-ring (bicyclic) bond motifs is 2. The van der Waals surface area contributed by atoms with E-state index in [0.717, 1.165) is 6.42 Å². The minimum Gasteiger partial charge on any atom is -0.469 e.